The molecule has 1 aliphatic heterocycles. The molecule has 0 bridgehead atoms. The van der Waals surface area contributed by atoms with Gasteiger partial charge in [-0.1, -0.05) is 0 Å². The summed E-state index contributed by atoms with van der Waals surface area (Å²) in [6, 6.07) is 6.53. The third-order valence-corrected chi connectivity index (χ3v) is 5.30. The van der Waals surface area contributed by atoms with Crippen molar-refractivity contribution in [3.63, 3.8) is 0 Å². The van der Waals surface area contributed by atoms with Gasteiger partial charge in [-0.15, -0.1) is 15.3 Å². The fourth-order valence-electron chi connectivity index (χ4n) is 3.40. The molecule has 8 heteroatoms. The Morgan fingerprint density at radius 2 is 2.00 bits per heavy atom. The highest BCUT2D eigenvalue weighted by atomic mass is 15.4. The lowest BCUT2D eigenvalue weighted by Crippen LogP contribution is -2.58. The van der Waals surface area contributed by atoms with Crippen molar-refractivity contribution < 1.29 is 0 Å². The van der Waals surface area contributed by atoms with Gasteiger partial charge in [0.1, 0.15) is 11.6 Å². The molecule has 2 aliphatic rings. The molecule has 134 valence electrons. The Kier molecular flexibility index (Phi) is 3.59. The maximum Gasteiger partial charge on any atom is 0.178 e. The molecule has 0 radical (unpaired) electrons. The molecule has 0 atom stereocenters. The molecular formula is C18H22N8. The van der Waals surface area contributed by atoms with Crippen LogP contribution in [-0.4, -0.2) is 60.9 Å². The Labute approximate surface area is 151 Å². The van der Waals surface area contributed by atoms with Crippen LogP contribution in [0.15, 0.2) is 24.4 Å². The van der Waals surface area contributed by atoms with Crippen LogP contribution in [0.5, 0.6) is 0 Å². The number of rotatable bonds is 5. The Bertz CT molecular complexity index is 941. The molecule has 26 heavy (non-hydrogen) atoms. The van der Waals surface area contributed by atoms with Gasteiger partial charge in [0, 0.05) is 37.8 Å². The van der Waals surface area contributed by atoms with Crippen molar-refractivity contribution in [2.24, 2.45) is 0 Å². The lowest BCUT2D eigenvalue weighted by molar-refractivity contribution is 0.194. The van der Waals surface area contributed by atoms with Crippen molar-refractivity contribution in [2.75, 3.05) is 25.0 Å². The van der Waals surface area contributed by atoms with Gasteiger partial charge >= 0.3 is 0 Å². The number of likely N-dealkylation sites (N-methyl/N-ethyl adjacent to an activating group) is 1. The highest BCUT2D eigenvalue weighted by molar-refractivity contribution is 5.47. The number of aryl methyl sites for hydroxylation is 1. The minimum Gasteiger partial charge on any atom is -0.352 e. The van der Waals surface area contributed by atoms with Gasteiger partial charge in [-0.25, -0.2) is 9.97 Å². The highest BCUT2D eigenvalue weighted by Crippen LogP contribution is 2.37. The van der Waals surface area contributed by atoms with Crippen LogP contribution < -0.4 is 4.90 Å². The first kappa shape index (κ1) is 15.6. The standard InChI is InChI=1S/C18H22N8/c1-12-21-22-16-5-6-17(23-26(12)16)25-10-15(11-25)24(2)9-14-7-8-19-18(20-14)13-3-4-13/h5-8,13,15H,3-4,9-11H2,1-2H3. The summed E-state index contributed by atoms with van der Waals surface area (Å²) >= 11 is 0. The van der Waals surface area contributed by atoms with Crippen LogP contribution in [0, 0.1) is 6.92 Å². The summed E-state index contributed by atoms with van der Waals surface area (Å²) in [5, 5.41) is 12.8. The second kappa shape index (κ2) is 5.98. The molecule has 0 N–H and O–H groups in total. The molecule has 1 aliphatic carbocycles. The van der Waals surface area contributed by atoms with E-state index in [0.29, 0.717) is 12.0 Å². The van der Waals surface area contributed by atoms with Crippen LogP contribution >= 0.6 is 0 Å². The number of hydrogen-bond acceptors (Lipinski definition) is 7. The summed E-state index contributed by atoms with van der Waals surface area (Å²) in [5.74, 6) is 3.41. The van der Waals surface area contributed by atoms with Gasteiger partial charge in [-0.05, 0) is 45.0 Å². The van der Waals surface area contributed by atoms with Gasteiger partial charge in [0.05, 0.1) is 5.69 Å². The quantitative estimate of drug-likeness (QED) is 0.689. The average molecular weight is 350 g/mol. The van der Waals surface area contributed by atoms with Gasteiger partial charge in [-0.2, -0.15) is 4.52 Å². The summed E-state index contributed by atoms with van der Waals surface area (Å²) in [7, 11) is 2.17. The van der Waals surface area contributed by atoms with Crippen LogP contribution in [0.25, 0.3) is 5.65 Å². The first-order chi connectivity index (χ1) is 12.7. The van der Waals surface area contributed by atoms with Crippen LogP contribution in [0.1, 0.15) is 36.1 Å². The second-order valence-electron chi connectivity index (χ2n) is 7.36. The molecule has 5 rings (SSSR count). The molecular weight excluding hydrogens is 328 g/mol. The fraction of sp³-hybridized carbons (Fsp3) is 0.500. The molecule has 2 fully saturated rings. The van der Waals surface area contributed by atoms with Crippen molar-refractivity contribution >= 4 is 11.5 Å². The van der Waals surface area contributed by atoms with Crippen LogP contribution in [0.3, 0.4) is 0 Å². The average Bonchev–Trinajstić information content (AvgIpc) is 3.39. The van der Waals surface area contributed by atoms with E-state index >= 15 is 0 Å². The fourth-order valence-corrected chi connectivity index (χ4v) is 3.40. The minimum atomic E-state index is 0.508. The molecule has 3 aromatic rings. The van der Waals surface area contributed by atoms with E-state index in [2.05, 4.69) is 37.1 Å². The van der Waals surface area contributed by atoms with E-state index in [1.807, 2.05) is 31.3 Å². The smallest absolute Gasteiger partial charge is 0.178 e. The molecule has 0 spiro atoms. The van der Waals surface area contributed by atoms with Crippen molar-refractivity contribution in [1.29, 1.82) is 0 Å². The van der Waals surface area contributed by atoms with E-state index in [0.717, 1.165) is 48.4 Å². The Morgan fingerprint density at radius 1 is 1.15 bits per heavy atom. The van der Waals surface area contributed by atoms with E-state index in [-0.39, 0.29) is 0 Å². The Morgan fingerprint density at radius 3 is 2.81 bits per heavy atom. The maximum absolute atomic E-state index is 4.73. The molecule has 0 unspecified atom stereocenters. The van der Waals surface area contributed by atoms with Crippen molar-refractivity contribution in [1.82, 2.24) is 34.7 Å². The third kappa shape index (κ3) is 2.80. The van der Waals surface area contributed by atoms with Crippen molar-refractivity contribution in [2.45, 2.75) is 38.3 Å². The lowest BCUT2D eigenvalue weighted by atomic mass is 10.1. The largest absolute Gasteiger partial charge is 0.352 e. The van der Waals surface area contributed by atoms with E-state index in [4.69, 9.17) is 4.98 Å². The van der Waals surface area contributed by atoms with Crippen LogP contribution in [0.2, 0.25) is 0 Å². The summed E-state index contributed by atoms with van der Waals surface area (Å²) in [6.45, 7) is 4.71. The molecule has 3 aromatic heterocycles. The van der Waals surface area contributed by atoms with Crippen molar-refractivity contribution in [3.05, 3.63) is 41.7 Å². The zero-order valence-corrected chi connectivity index (χ0v) is 15.1. The topological polar surface area (TPSA) is 75.3 Å². The Balaban J connectivity index is 1.22. The molecule has 8 nitrogen and oxygen atoms in total. The van der Waals surface area contributed by atoms with E-state index in [1.165, 1.54) is 12.8 Å². The second-order valence-corrected chi connectivity index (χ2v) is 7.36. The minimum absolute atomic E-state index is 0.508. The van der Waals surface area contributed by atoms with Gasteiger partial charge in [-0.3, -0.25) is 4.90 Å². The lowest BCUT2D eigenvalue weighted by Gasteiger charge is -2.44. The summed E-state index contributed by atoms with van der Waals surface area (Å²) in [6.07, 6.45) is 4.37. The number of hydrogen-bond donors (Lipinski definition) is 0. The van der Waals surface area contributed by atoms with E-state index in [1.54, 1.807) is 4.52 Å². The maximum atomic E-state index is 4.73. The third-order valence-electron chi connectivity index (χ3n) is 5.30. The SMILES string of the molecule is Cc1nnc2ccc(N3CC(N(C)Cc4ccnc(C5CC5)n4)C3)nn12. The molecule has 4 heterocycles. The van der Waals surface area contributed by atoms with Crippen LogP contribution in [-0.2, 0) is 6.54 Å². The first-order valence-corrected chi connectivity index (χ1v) is 9.13. The number of nitrogens with zero attached hydrogens (tertiary/aromatic N) is 8. The number of anilines is 1. The zero-order chi connectivity index (χ0) is 17.7. The van der Waals surface area contributed by atoms with Gasteiger partial charge in [0.15, 0.2) is 11.5 Å². The van der Waals surface area contributed by atoms with Crippen LogP contribution in [0.4, 0.5) is 5.82 Å². The molecule has 1 saturated carbocycles. The van der Waals surface area contributed by atoms with Gasteiger partial charge in [0.25, 0.3) is 0 Å². The first-order valence-electron chi connectivity index (χ1n) is 9.13. The normalized spacial score (nSPS) is 17.9. The zero-order valence-electron chi connectivity index (χ0n) is 15.1. The summed E-state index contributed by atoms with van der Waals surface area (Å²) in [4.78, 5) is 13.8. The Hall–Kier alpha value is -2.61. The number of fused-ring (bicyclic) bond motifs is 1. The van der Waals surface area contributed by atoms with Gasteiger partial charge in [0.2, 0.25) is 0 Å². The van der Waals surface area contributed by atoms with Gasteiger partial charge < -0.3 is 4.90 Å². The summed E-state index contributed by atoms with van der Waals surface area (Å²) < 4.78 is 1.80. The monoisotopic (exact) mass is 350 g/mol. The highest BCUT2D eigenvalue weighted by Gasteiger charge is 2.32. The predicted molar refractivity (Wildman–Crippen MR) is 97.0 cm³/mol. The molecule has 1 saturated heterocycles. The summed E-state index contributed by atoms with van der Waals surface area (Å²) in [5.41, 5.74) is 1.90. The number of aromatic nitrogens is 6. The predicted octanol–water partition coefficient (Wildman–Crippen LogP) is 1.42. The molecule has 0 aromatic carbocycles. The van der Waals surface area contributed by atoms with E-state index in [9.17, 15) is 0 Å². The van der Waals surface area contributed by atoms with E-state index < -0.39 is 0 Å². The van der Waals surface area contributed by atoms with Crippen molar-refractivity contribution in [3.8, 4) is 0 Å². The molecule has 0 amide bonds.